The molecule has 2 atom stereocenters. The third-order valence-corrected chi connectivity index (χ3v) is 5.06. The second-order valence-electron chi connectivity index (χ2n) is 5.00. The minimum absolute atomic E-state index is 0.113. The van der Waals surface area contributed by atoms with E-state index in [0.717, 1.165) is 27.0 Å². The van der Waals surface area contributed by atoms with E-state index in [1.165, 1.54) is 11.3 Å². The largest absolute Gasteiger partial charge is 0.454 e. The topological polar surface area (TPSA) is 30.5 Å². The lowest BCUT2D eigenvalue weighted by molar-refractivity contribution is 0.174. The van der Waals surface area contributed by atoms with E-state index in [1.807, 2.05) is 24.3 Å². The normalized spacial score (nSPS) is 16.0. The SMILES string of the molecule is CC(NC(C)c1cc(Cl)sc1Cl)c1ccc2c(c1)OCO2. The highest BCUT2D eigenvalue weighted by atomic mass is 35.5. The minimum Gasteiger partial charge on any atom is -0.454 e. The number of thiophene rings is 1. The zero-order chi connectivity index (χ0) is 15.0. The van der Waals surface area contributed by atoms with E-state index < -0.39 is 0 Å². The van der Waals surface area contributed by atoms with Crippen LogP contribution >= 0.6 is 34.5 Å². The molecule has 1 aromatic heterocycles. The lowest BCUT2D eigenvalue weighted by Gasteiger charge is -2.20. The molecular formula is C15H15Cl2NO2S. The molecule has 0 aliphatic carbocycles. The zero-order valence-electron chi connectivity index (χ0n) is 11.7. The zero-order valence-corrected chi connectivity index (χ0v) is 14.0. The van der Waals surface area contributed by atoms with E-state index in [4.69, 9.17) is 32.7 Å². The van der Waals surface area contributed by atoms with Crippen LogP contribution in [0.2, 0.25) is 8.67 Å². The summed E-state index contributed by atoms with van der Waals surface area (Å²) in [6.45, 7) is 4.48. The van der Waals surface area contributed by atoms with Gasteiger partial charge in [0.2, 0.25) is 6.79 Å². The molecule has 1 N–H and O–H groups in total. The van der Waals surface area contributed by atoms with Crippen molar-refractivity contribution in [3.63, 3.8) is 0 Å². The number of ether oxygens (including phenoxy) is 2. The van der Waals surface area contributed by atoms with E-state index in [9.17, 15) is 0 Å². The lowest BCUT2D eigenvalue weighted by atomic mass is 10.1. The highest BCUT2D eigenvalue weighted by molar-refractivity contribution is 7.20. The van der Waals surface area contributed by atoms with Crippen molar-refractivity contribution in [3.05, 3.63) is 44.1 Å². The van der Waals surface area contributed by atoms with Crippen LogP contribution < -0.4 is 14.8 Å². The molecule has 1 aliphatic rings. The van der Waals surface area contributed by atoms with Crippen molar-refractivity contribution in [3.8, 4) is 11.5 Å². The molecule has 3 rings (SSSR count). The molecule has 0 saturated heterocycles. The number of fused-ring (bicyclic) bond motifs is 1. The molecule has 21 heavy (non-hydrogen) atoms. The van der Waals surface area contributed by atoms with Crippen LogP contribution in [0.5, 0.6) is 11.5 Å². The van der Waals surface area contributed by atoms with Crippen LogP contribution in [-0.4, -0.2) is 6.79 Å². The van der Waals surface area contributed by atoms with Crippen LogP contribution in [0, 0.1) is 0 Å². The highest BCUT2D eigenvalue weighted by Gasteiger charge is 2.19. The van der Waals surface area contributed by atoms with Gasteiger partial charge in [0.1, 0.15) is 0 Å². The van der Waals surface area contributed by atoms with Crippen molar-refractivity contribution >= 4 is 34.5 Å². The number of halogens is 2. The Hall–Kier alpha value is -0.940. The summed E-state index contributed by atoms with van der Waals surface area (Å²) in [5.74, 6) is 1.59. The lowest BCUT2D eigenvalue weighted by Crippen LogP contribution is -2.22. The molecule has 0 spiro atoms. The maximum atomic E-state index is 6.20. The van der Waals surface area contributed by atoms with Gasteiger partial charge in [-0.1, -0.05) is 29.3 Å². The standard InChI is InChI=1S/C15H15Cl2NO2S/c1-8(10-3-4-12-13(5-10)20-7-19-12)18-9(2)11-6-14(16)21-15(11)17/h3-6,8-9,18H,7H2,1-2H3. The van der Waals surface area contributed by atoms with Crippen molar-refractivity contribution in [1.29, 1.82) is 0 Å². The third-order valence-electron chi connectivity index (χ3n) is 3.55. The van der Waals surface area contributed by atoms with Gasteiger partial charge < -0.3 is 14.8 Å². The van der Waals surface area contributed by atoms with Crippen molar-refractivity contribution in [2.24, 2.45) is 0 Å². The number of hydrogen-bond donors (Lipinski definition) is 1. The summed E-state index contributed by atoms with van der Waals surface area (Å²) in [6.07, 6.45) is 0. The average Bonchev–Trinajstić information content (AvgIpc) is 3.03. The van der Waals surface area contributed by atoms with Crippen LogP contribution in [-0.2, 0) is 0 Å². The Labute approximate surface area is 137 Å². The summed E-state index contributed by atoms with van der Waals surface area (Å²) in [6, 6.07) is 8.17. The van der Waals surface area contributed by atoms with Crippen LogP contribution in [0.25, 0.3) is 0 Å². The molecule has 2 heterocycles. The number of benzene rings is 1. The summed E-state index contributed by atoms with van der Waals surface area (Å²) in [5.41, 5.74) is 2.17. The van der Waals surface area contributed by atoms with Crippen LogP contribution in [0.3, 0.4) is 0 Å². The van der Waals surface area contributed by atoms with Gasteiger partial charge in [-0.05, 0) is 43.2 Å². The summed E-state index contributed by atoms with van der Waals surface area (Å²) >= 11 is 13.6. The number of hydrogen-bond acceptors (Lipinski definition) is 4. The highest BCUT2D eigenvalue weighted by Crippen LogP contribution is 2.37. The van der Waals surface area contributed by atoms with E-state index in [2.05, 4.69) is 19.2 Å². The maximum absolute atomic E-state index is 6.20. The van der Waals surface area contributed by atoms with Gasteiger partial charge in [0.15, 0.2) is 11.5 Å². The van der Waals surface area contributed by atoms with Gasteiger partial charge in [-0.15, -0.1) is 11.3 Å². The Morgan fingerprint density at radius 2 is 1.86 bits per heavy atom. The average molecular weight is 344 g/mol. The smallest absolute Gasteiger partial charge is 0.231 e. The second-order valence-corrected chi connectivity index (χ2v) is 7.29. The molecule has 0 radical (unpaired) electrons. The minimum atomic E-state index is 0.113. The molecular weight excluding hydrogens is 329 g/mol. The molecule has 2 aromatic rings. The number of nitrogens with one attached hydrogen (secondary N) is 1. The summed E-state index contributed by atoms with van der Waals surface area (Å²) in [4.78, 5) is 0. The fraction of sp³-hybridized carbons (Fsp3) is 0.333. The van der Waals surface area contributed by atoms with E-state index in [-0.39, 0.29) is 12.1 Å². The molecule has 0 bridgehead atoms. The summed E-state index contributed by atoms with van der Waals surface area (Å²) < 4.78 is 12.2. The van der Waals surface area contributed by atoms with Gasteiger partial charge in [0.05, 0.1) is 8.67 Å². The van der Waals surface area contributed by atoms with Gasteiger partial charge in [-0.2, -0.15) is 0 Å². The predicted octanol–water partition coefficient (Wildman–Crippen LogP) is 5.20. The molecule has 1 aliphatic heterocycles. The first-order chi connectivity index (χ1) is 10.0. The Morgan fingerprint density at radius 1 is 1.10 bits per heavy atom. The Bertz CT molecular complexity index is 659. The van der Waals surface area contributed by atoms with Crippen LogP contribution in [0.1, 0.15) is 37.1 Å². The number of rotatable bonds is 4. The molecule has 1 aromatic carbocycles. The van der Waals surface area contributed by atoms with Crippen LogP contribution in [0.4, 0.5) is 0 Å². The fourth-order valence-electron chi connectivity index (χ4n) is 2.39. The molecule has 0 amide bonds. The third kappa shape index (κ3) is 3.14. The Kier molecular flexibility index (Phi) is 4.31. The van der Waals surface area contributed by atoms with E-state index >= 15 is 0 Å². The van der Waals surface area contributed by atoms with Crippen molar-refractivity contribution < 1.29 is 9.47 Å². The Balaban J connectivity index is 1.74. The van der Waals surface area contributed by atoms with Gasteiger partial charge in [0, 0.05) is 12.1 Å². The van der Waals surface area contributed by atoms with Crippen LogP contribution in [0.15, 0.2) is 24.3 Å². The summed E-state index contributed by atoms with van der Waals surface area (Å²) in [7, 11) is 0. The molecule has 2 unspecified atom stereocenters. The van der Waals surface area contributed by atoms with Crippen molar-refractivity contribution in [1.82, 2.24) is 5.32 Å². The molecule has 3 nitrogen and oxygen atoms in total. The van der Waals surface area contributed by atoms with Gasteiger partial charge in [-0.25, -0.2) is 0 Å². The molecule has 6 heteroatoms. The first kappa shape index (κ1) is 15.0. The first-order valence-corrected chi connectivity index (χ1v) is 8.22. The quantitative estimate of drug-likeness (QED) is 0.827. The molecule has 0 saturated carbocycles. The monoisotopic (exact) mass is 343 g/mol. The van der Waals surface area contributed by atoms with E-state index in [0.29, 0.717) is 11.1 Å². The van der Waals surface area contributed by atoms with Gasteiger partial charge in [-0.3, -0.25) is 0 Å². The first-order valence-electron chi connectivity index (χ1n) is 6.65. The van der Waals surface area contributed by atoms with Gasteiger partial charge in [0.25, 0.3) is 0 Å². The van der Waals surface area contributed by atoms with Crippen molar-refractivity contribution in [2.45, 2.75) is 25.9 Å². The Morgan fingerprint density at radius 3 is 2.57 bits per heavy atom. The summed E-state index contributed by atoms with van der Waals surface area (Å²) in [5, 5.41) is 3.52. The molecule has 0 fully saturated rings. The fourth-order valence-corrected chi connectivity index (χ4v) is 4.04. The molecule has 112 valence electrons. The second kappa shape index (κ2) is 6.05. The maximum Gasteiger partial charge on any atom is 0.231 e. The van der Waals surface area contributed by atoms with Crippen molar-refractivity contribution in [2.75, 3.05) is 6.79 Å². The predicted molar refractivity (Wildman–Crippen MR) is 86.9 cm³/mol. The van der Waals surface area contributed by atoms with Gasteiger partial charge >= 0.3 is 0 Å². The van der Waals surface area contributed by atoms with E-state index in [1.54, 1.807) is 0 Å².